The van der Waals surface area contributed by atoms with Crippen molar-refractivity contribution in [1.82, 2.24) is 5.32 Å². The Kier molecular flexibility index (Phi) is 4.45. The van der Waals surface area contributed by atoms with Crippen molar-refractivity contribution in [3.8, 4) is 0 Å². The summed E-state index contributed by atoms with van der Waals surface area (Å²) in [5.74, 6) is 0. The summed E-state index contributed by atoms with van der Waals surface area (Å²) in [5.41, 5.74) is 3.17. The van der Waals surface area contributed by atoms with Gasteiger partial charge in [-0.1, -0.05) is 57.9 Å². The standard InChI is InChI=1S/C17H27N/c1-17(2,3)15-10-8-14(9-11-15)13-16-7-5-4-6-12-18-16/h8-11,16,18H,4-7,12-13H2,1-3H3/t16-/m1/s1. The summed E-state index contributed by atoms with van der Waals surface area (Å²) in [6, 6.07) is 9.91. The Morgan fingerprint density at radius 1 is 1.06 bits per heavy atom. The van der Waals surface area contributed by atoms with Crippen molar-refractivity contribution in [1.29, 1.82) is 0 Å². The molecule has 1 N–H and O–H groups in total. The molecule has 1 heteroatoms. The predicted octanol–water partition coefficient (Wildman–Crippen LogP) is 4.06. The van der Waals surface area contributed by atoms with Crippen LogP contribution in [-0.4, -0.2) is 12.6 Å². The molecule has 1 aliphatic heterocycles. The first-order chi connectivity index (χ1) is 8.55. The molecule has 1 saturated heterocycles. The van der Waals surface area contributed by atoms with E-state index in [0.29, 0.717) is 6.04 Å². The van der Waals surface area contributed by atoms with Gasteiger partial charge in [-0.2, -0.15) is 0 Å². The summed E-state index contributed by atoms with van der Waals surface area (Å²) in [5, 5.41) is 3.67. The zero-order valence-corrected chi connectivity index (χ0v) is 12.1. The number of rotatable bonds is 2. The van der Waals surface area contributed by atoms with Gasteiger partial charge in [-0.25, -0.2) is 0 Å². The van der Waals surface area contributed by atoms with Crippen LogP contribution in [0.15, 0.2) is 24.3 Å². The maximum absolute atomic E-state index is 3.67. The fraction of sp³-hybridized carbons (Fsp3) is 0.647. The molecule has 0 unspecified atom stereocenters. The smallest absolute Gasteiger partial charge is 0.0107 e. The van der Waals surface area contributed by atoms with Crippen molar-refractivity contribution in [2.24, 2.45) is 0 Å². The summed E-state index contributed by atoms with van der Waals surface area (Å²) in [4.78, 5) is 0. The van der Waals surface area contributed by atoms with Crippen molar-refractivity contribution in [2.45, 2.75) is 64.3 Å². The van der Waals surface area contributed by atoms with E-state index in [1.165, 1.54) is 49.8 Å². The fourth-order valence-electron chi connectivity index (χ4n) is 2.70. The van der Waals surface area contributed by atoms with E-state index in [9.17, 15) is 0 Å². The molecule has 1 atom stereocenters. The zero-order valence-electron chi connectivity index (χ0n) is 12.1. The van der Waals surface area contributed by atoms with Crippen LogP contribution in [0, 0.1) is 0 Å². The van der Waals surface area contributed by atoms with Gasteiger partial charge in [0.25, 0.3) is 0 Å². The molecule has 0 spiro atoms. The molecule has 1 nitrogen and oxygen atoms in total. The van der Waals surface area contributed by atoms with E-state index in [2.05, 4.69) is 50.4 Å². The maximum atomic E-state index is 3.67. The lowest BCUT2D eigenvalue weighted by atomic mass is 9.86. The quantitative estimate of drug-likeness (QED) is 0.828. The third-order valence-corrected chi connectivity index (χ3v) is 3.96. The number of nitrogens with one attached hydrogen (secondary N) is 1. The van der Waals surface area contributed by atoms with Crippen molar-refractivity contribution < 1.29 is 0 Å². The van der Waals surface area contributed by atoms with E-state index in [1.54, 1.807) is 0 Å². The average molecular weight is 245 g/mol. The maximum Gasteiger partial charge on any atom is 0.0107 e. The van der Waals surface area contributed by atoms with Crippen LogP contribution in [0.4, 0.5) is 0 Å². The molecule has 0 radical (unpaired) electrons. The minimum Gasteiger partial charge on any atom is -0.314 e. The SMILES string of the molecule is CC(C)(C)c1ccc(C[C@H]2CCCCCN2)cc1. The molecule has 1 aromatic carbocycles. The summed E-state index contributed by atoms with van der Waals surface area (Å²) < 4.78 is 0. The van der Waals surface area contributed by atoms with Crippen molar-refractivity contribution in [2.75, 3.05) is 6.54 Å². The molecule has 0 aliphatic carbocycles. The Morgan fingerprint density at radius 2 is 1.78 bits per heavy atom. The van der Waals surface area contributed by atoms with Crippen LogP contribution in [0.25, 0.3) is 0 Å². The fourth-order valence-corrected chi connectivity index (χ4v) is 2.70. The molecular weight excluding hydrogens is 218 g/mol. The Bertz CT molecular complexity index is 350. The molecule has 100 valence electrons. The van der Waals surface area contributed by atoms with Gasteiger partial charge in [0.15, 0.2) is 0 Å². The minimum absolute atomic E-state index is 0.263. The Morgan fingerprint density at radius 3 is 2.44 bits per heavy atom. The van der Waals surface area contributed by atoms with Crippen LogP contribution in [0.3, 0.4) is 0 Å². The monoisotopic (exact) mass is 245 g/mol. The van der Waals surface area contributed by atoms with Gasteiger partial charge >= 0.3 is 0 Å². The van der Waals surface area contributed by atoms with Crippen LogP contribution in [0.2, 0.25) is 0 Å². The van der Waals surface area contributed by atoms with Gasteiger partial charge in [-0.15, -0.1) is 0 Å². The summed E-state index contributed by atoms with van der Waals surface area (Å²) in [7, 11) is 0. The Balaban J connectivity index is 1.97. The lowest BCUT2D eigenvalue weighted by Crippen LogP contribution is -2.30. The molecule has 0 aromatic heterocycles. The summed E-state index contributed by atoms with van der Waals surface area (Å²) in [6.07, 6.45) is 6.65. The van der Waals surface area contributed by atoms with E-state index in [4.69, 9.17) is 0 Å². The largest absolute Gasteiger partial charge is 0.314 e. The molecule has 0 amide bonds. The average Bonchev–Trinajstić information content (AvgIpc) is 2.57. The molecular formula is C17H27N. The highest BCUT2D eigenvalue weighted by Gasteiger charge is 2.15. The number of benzene rings is 1. The van der Waals surface area contributed by atoms with Crippen molar-refractivity contribution in [3.63, 3.8) is 0 Å². The second kappa shape index (κ2) is 5.88. The van der Waals surface area contributed by atoms with Crippen LogP contribution in [0.1, 0.15) is 57.6 Å². The van der Waals surface area contributed by atoms with E-state index >= 15 is 0 Å². The van der Waals surface area contributed by atoms with Gasteiger partial charge in [-0.05, 0) is 42.3 Å². The normalized spacial score (nSPS) is 21.6. The Labute approximate surface area is 112 Å². The third-order valence-electron chi connectivity index (χ3n) is 3.96. The molecule has 0 bridgehead atoms. The highest BCUT2D eigenvalue weighted by Crippen LogP contribution is 2.23. The van der Waals surface area contributed by atoms with Gasteiger partial charge < -0.3 is 5.32 Å². The first kappa shape index (κ1) is 13.6. The third kappa shape index (κ3) is 3.84. The molecule has 1 fully saturated rings. The number of hydrogen-bond donors (Lipinski definition) is 1. The molecule has 0 saturated carbocycles. The Hall–Kier alpha value is -0.820. The number of hydrogen-bond acceptors (Lipinski definition) is 1. The topological polar surface area (TPSA) is 12.0 Å². The van der Waals surface area contributed by atoms with Gasteiger partial charge in [0.1, 0.15) is 0 Å². The van der Waals surface area contributed by atoms with Crippen LogP contribution < -0.4 is 5.32 Å². The highest BCUT2D eigenvalue weighted by atomic mass is 14.9. The first-order valence-corrected chi connectivity index (χ1v) is 7.38. The first-order valence-electron chi connectivity index (χ1n) is 7.38. The predicted molar refractivity (Wildman–Crippen MR) is 79.1 cm³/mol. The van der Waals surface area contributed by atoms with Crippen LogP contribution in [0.5, 0.6) is 0 Å². The molecule has 1 aliphatic rings. The molecule has 1 heterocycles. The summed E-state index contributed by atoms with van der Waals surface area (Å²) >= 11 is 0. The van der Waals surface area contributed by atoms with Gasteiger partial charge in [0.2, 0.25) is 0 Å². The molecule has 1 aromatic rings. The van der Waals surface area contributed by atoms with Gasteiger partial charge in [-0.3, -0.25) is 0 Å². The van der Waals surface area contributed by atoms with E-state index in [-0.39, 0.29) is 5.41 Å². The minimum atomic E-state index is 0.263. The summed E-state index contributed by atoms with van der Waals surface area (Å²) in [6.45, 7) is 8.02. The lowest BCUT2D eigenvalue weighted by molar-refractivity contribution is 0.507. The van der Waals surface area contributed by atoms with Gasteiger partial charge in [0, 0.05) is 6.04 Å². The van der Waals surface area contributed by atoms with E-state index < -0.39 is 0 Å². The van der Waals surface area contributed by atoms with E-state index in [0.717, 1.165) is 0 Å². The lowest BCUT2D eigenvalue weighted by Gasteiger charge is -2.20. The second-order valence-corrected chi connectivity index (χ2v) is 6.65. The molecule has 18 heavy (non-hydrogen) atoms. The zero-order chi connectivity index (χ0) is 13.0. The highest BCUT2D eigenvalue weighted by molar-refractivity contribution is 5.28. The van der Waals surface area contributed by atoms with Crippen LogP contribution >= 0.6 is 0 Å². The second-order valence-electron chi connectivity index (χ2n) is 6.65. The van der Waals surface area contributed by atoms with Crippen molar-refractivity contribution in [3.05, 3.63) is 35.4 Å². The van der Waals surface area contributed by atoms with Crippen LogP contribution in [-0.2, 0) is 11.8 Å². The van der Waals surface area contributed by atoms with Crippen molar-refractivity contribution >= 4 is 0 Å². The molecule has 2 rings (SSSR count). The van der Waals surface area contributed by atoms with E-state index in [1.807, 2.05) is 0 Å². The van der Waals surface area contributed by atoms with Gasteiger partial charge in [0.05, 0.1) is 0 Å².